The van der Waals surface area contributed by atoms with Gasteiger partial charge in [-0.25, -0.2) is 0 Å². The molecule has 0 bridgehead atoms. The molecule has 230 valence electrons. The van der Waals surface area contributed by atoms with Crippen LogP contribution < -0.4 is 16.0 Å². The van der Waals surface area contributed by atoms with Gasteiger partial charge in [-0.15, -0.1) is 23.1 Å². The molecular weight excluding hydrogens is 617 g/mol. The number of nitrogens with zero attached hydrogens (tertiary/aromatic N) is 1. The minimum Gasteiger partial charge on any atom is -0.332 e. The van der Waals surface area contributed by atoms with Crippen molar-refractivity contribution in [2.75, 3.05) is 16.0 Å². The lowest BCUT2D eigenvalue weighted by Crippen LogP contribution is -2.26. The molecule has 1 aliphatic carbocycles. The number of anilines is 3. The maximum Gasteiger partial charge on any atom is 0.243 e. The van der Waals surface area contributed by atoms with Gasteiger partial charge < -0.3 is 16.0 Å². The van der Waals surface area contributed by atoms with Crippen LogP contribution >= 0.6 is 35.3 Å². The fourth-order valence-electron chi connectivity index (χ4n) is 5.47. The Kier molecular flexibility index (Phi) is 10.1. The number of hydrogen-bond donors (Lipinski definition) is 3. The number of thiophene rings is 1. The highest BCUT2D eigenvalue weighted by Gasteiger charge is 2.33. The molecule has 3 aromatic carbocycles. The zero-order chi connectivity index (χ0) is 32.1. The van der Waals surface area contributed by atoms with Gasteiger partial charge in [-0.05, 0) is 103 Å². The quantitative estimate of drug-likeness (QED) is 0.0992. The molecule has 1 heterocycles. The fraction of sp³-hybridized carbons (Fsp3) is 0.278. The second-order valence-corrected chi connectivity index (χ2v) is 15.0. The number of carbonyl (C=O) groups is 2. The second kappa shape index (κ2) is 14.0. The molecule has 9 heteroatoms. The average Bonchev–Trinajstić information content (AvgIpc) is 3.36. The molecular formula is C36H36N4O2S3. The zero-order valence-corrected chi connectivity index (χ0v) is 28.2. The van der Waals surface area contributed by atoms with Gasteiger partial charge >= 0.3 is 0 Å². The van der Waals surface area contributed by atoms with Crippen LogP contribution in [0.4, 0.5) is 16.4 Å². The lowest BCUT2D eigenvalue weighted by Gasteiger charge is -2.33. The van der Waals surface area contributed by atoms with Crippen molar-refractivity contribution in [1.82, 2.24) is 0 Å². The number of carbonyl (C=O) groups excluding carboxylic acids is 2. The van der Waals surface area contributed by atoms with E-state index in [-0.39, 0.29) is 17.1 Å². The topological polar surface area (TPSA) is 94.0 Å². The van der Waals surface area contributed by atoms with Crippen molar-refractivity contribution in [1.29, 1.82) is 5.26 Å². The van der Waals surface area contributed by atoms with Gasteiger partial charge in [0.15, 0.2) is 10.9 Å². The van der Waals surface area contributed by atoms with E-state index in [1.54, 1.807) is 23.5 Å². The molecule has 4 aromatic rings. The summed E-state index contributed by atoms with van der Waals surface area (Å²) in [6.07, 6.45) is 2.85. The number of amides is 1. The molecule has 3 N–H and O–H groups in total. The lowest BCUT2D eigenvalue weighted by atomic mass is 9.72. The fourth-order valence-corrected chi connectivity index (χ4v) is 8.07. The Morgan fingerprint density at radius 1 is 0.978 bits per heavy atom. The van der Waals surface area contributed by atoms with Crippen LogP contribution in [0, 0.1) is 22.7 Å². The summed E-state index contributed by atoms with van der Waals surface area (Å²) in [5, 5.41) is 20.1. The summed E-state index contributed by atoms with van der Waals surface area (Å²) >= 11 is 8.53. The minimum atomic E-state index is -0.542. The van der Waals surface area contributed by atoms with Gasteiger partial charge in [0, 0.05) is 26.7 Å². The summed E-state index contributed by atoms with van der Waals surface area (Å²) in [5.74, 6) is 0.383. The van der Waals surface area contributed by atoms with Crippen molar-refractivity contribution in [3.05, 3.63) is 106 Å². The second-order valence-electron chi connectivity index (χ2n) is 12.3. The van der Waals surface area contributed by atoms with Crippen LogP contribution in [0.25, 0.3) is 0 Å². The first kappa shape index (κ1) is 32.4. The van der Waals surface area contributed by atoms with Gasteiger partial charge in [0.1, 0.15) is 16.3 Å². The van der Waals surface area contributed by atoms with E-state index in [1.165, 1.54) is 23.6 Å². The Labute approximate surface area is 278 Å². The van der Waals surface area contributed by atoms with E-state index in [4.69, 9.17) is 12.2 Å². The van der Waals surface area contributed by atoms with Crippen molar-refractivity contribution in [2.24, 2.45) is 11.3 Å². The molecule has 0 saturated carbocycles. The third-order valence-electron chi connectivity index (χ3n) is 8.07. The van der Waals surface area contributed by atoms with Crippen molar-refractivity contribution in [3.8, 4) is 6.07 Å². The molecule has 0 radical (unpaired) electrons. The first-order valence-electron chi connectivity index (χ1n) is 14.9. The van der Waals surface area contributed by atoms with E-state index >= 15 is 0 Å². The van der Waals surface area contributed by atoms with Crippen molar-refractivity contribution in [3.63, 3.8) is 0 Å². The highest BCUT2D eigenvalue weighted by Crippen LogP contribution is 2.45. The number of nitrogens with one attached hydrogen (secondary N) is 3. The molecule has 6 nitrogen and oxygen atoms in total. The Morgan fingerprint density at radius 3 is 2.36 bits per heavy atom. The molecule has 0 spiro atoms. The summed E-state index contributed by atoms with van der Waals surface area (Å²) in [5.41, 5.74) is 4.95. The van der Waals surface area contributed by atoms with Crippen LogP contribution in [0.15, 0.2) is 83.8 Å². The zero-order valence-electron chi connectivity index (χ0n) is 25.8. The van der Waals surface area contributed by atoms with E-state index in [1.807, 2.05) is 66.7 Å². The predicted octanol–water partition coefficient (Wildman–Crippen LogP) is 9.25. The monoisotopic (exact) mass is 652 g/mol. The van der Waals surface area contributed by atoms with E-state index in [0.29, 0.717) is 27.2 Å². The highest BCUT2D eigenvalue weighted by molar-refractivity contribution is 8.00. The normalized spacial score (nSPS) is 14.9. The number of hydrogen-bond acceptors (Lipinski definition) is 6. The number of Topliss-reactive ketones (excluding diaryl/α,β-unsaturated/α-hetero) is 1. The van der Waals surface area contributed by atoms with Crippen molar-refractivity contribution < 1.29 is 9.59 Å². The third kappa shape index (κ3) is 8.01. The van der Waals surface area contributed by atoms with Crippen LogP contribution in [0.3, 0.4) is 0 Å². The van der Waals surface area contributed by atoms with Crippen LogP contribution in [-0.2, 0) is 17.6 Å². The van der Waals surface area contributed by atoms with Gasteiger partial charge in [0.2, 0.25) is 5.91 Å². The molecule has 1 amide bonds. The first-order chi connectivity index (χ1) is 21.5. The highest BCUT2D eigenvalue weighted by atomic mass is 32.2. The van der Waals surface area contributed by atoms with E-state index < -0.39 is 5.25 Å². The van der Waals surface area contributed by atoms with Gasteiger partial charge in [0.25, 0.3) is 0 Å². The lowest BCUT2D eigenvalue weighted by molar-refractivity contribution is -0.115. The SMILES string of the molecule is CC(=O)c1ccc(NC(=S)Nc2cccc(SC(C(=O)Nc3sc4c(c3C#N)CCC(C(C)(C)C)C4)c3ccccc3)c2)cc1. The molecule has 45 heavy (non-hydrogen) atoms. The maximum absolute atomic E-state index is 14.0. The third-order valence-corrected chi connectivity index (χ3v) is 10.7. The molecule has 0 aliphatic heterocycles. The summed E-state index contributed by atoms with van der Waals surface area (Å²) in [7, 11) is 0. The van der Waals surface area contributed by atoms with Crippen molar-refractivity contribution in [2.45, 2.75) is 57.1 Å². The summed E-state index contributed by atoms with van der Waals surface area (Å²) in [4.78, 5) is 27.6. The maximum atomic E-state index is 14.0. The molecule has 0 saturated heterocycles. The molecule has 5 rings (SSSR count). The van der Waals surface area contributed by atoms with Gasteiger partial charge in [-0.1, -0.05) is 57.2 Å². The Balaban J connectivity index is 1.32. The molecule has 2 atom stereocenters. The molecule has 2 unspecified atom stereocenters. The van der Waals surface area contributed by atoms with E-state index in [9.17, 15) is 14.9 Å². The summed E-state index contributed by atoms with van der Waals surface area (Å²) in [6.45, 7) is 8.35. The standard InChI is InChI=1S/C36H36N4O2S3/c1-22(41)23-13-16-26(17-14-23)38-35(43)39-27-11-8-12-28(20-27)44-32(24-9-6-5-7-10-24)33(42)40-34-30(21-37)29-18-15-25(36(2,3)4)19-31(29)45-34/h5-14,16-17,20,25,32H,15,18-19H2,1-4H3,(H,40,42)(H2,38,39,43). The molecule has 1 aliphatic rings. The Morgan fingerprint density at radius 2 is 1.69 bits per heavy atom. The number of benzene rings is 3. The van der Waals surface area contributed by atoms with Crippen LogP contribution in [-0.4, -0.2) is 16.8 Å². The first-order valence-corrected chi connectivity index (χ1v) is 17.0. The van der Waals surface area contributed by atoms with E-state index in [2.05, 4.69) is 42.8 Å². The Hall–Kier alpha value is -3.97. The summed E-state index contributed by atoms with van der Waals surface area (Å²) < 4.78 is 0. The van der Waals surface area contributed by atoms with Crippen LogP contribution in [0.2, 0.25) is 0 Å². The smallest absolute Gasteiger partial charge is 0.243 e. The van der Waals surface area contributed by atoms with E-state index in [0.717, 1.165) is 46.7 Å². The molecule has 1 aromatic heterocycles. The largest absolute Gasteiger partial charge is 0.332 e. The number of rotatable bonds is 8. The van der Waals surface area contributed by atoms with Gasteiger partial charge in [-0.3, -0.25) is 9.59 Å². The number of fused-ring (bicyclic) bond motifs is 1. The number of thioether (sulfide) groups is 1. The number of ketones is 1. The van der Waals surface area contributed by atoms with Gasteiger partial charge in [0.05, 0.1) is 5.56 Å². The average molecular weight is 653 g/mol. The molecule has 0 fully saturated rings. The minimum absolute atomic E-state index is 0.00769. The Bertz CT molecular complexity index is 1750. The number of thiocarbonyl (C=S) groups is 1. The van der Waals surface area contributed by atoms with Gasteiger partial charge in [-0.2, -0.15) is 5.26 Å². The van der Waals surface area contributed by atoms with Crippen molar-refractivity contribution >= 4 is 68.5 Å². The summed E-state index contributed by atoms with van der Waals surface area (Å²) in [6, 6.07) is 27.0. The number of nitriles is 1. The van der Waals surface area contributed by atoms with Crippen LogP contribution in [0.1, 0.15) is 71.3 Å². The van der Waals surface area contributed by atoms with Crippen LogP contribution in [0.5, 0.6) is 0 Å². The predicted molar refractivity (Wildman–Crippen MR) is 190 cm³/mol.